The Labute approximate surface area is 182 Å². The van der Waals surface area contributed by atoms with E-state index in [-0.39, 0.29) is 23.3 Å². The van der Waals surface area contributed by atoms with Crippen LogP contribution in [-0.2, 0) is 10.2 Å². The molecule has 9 heteroatoms. The maximum Gasteiger partial charge on any atom is 0.586 e. The molecule has 3 heterocycles. The summed E-state index contributed by atoms with van der Waals surface area (Å²) in [6.45, 7) is 3.70. The number of ether oxygens (including phenoxy) is 2. The van der Waals surface area contributed by atoms with E-state index in [9.17, 15) is 18.7 Å². The van der Waals surface area contributed by atoms with E-state index < -0.39 is 11.7 Å². The summed E-state index contributed by atoms with van der Waals surface area (Å²) in [5, 5.41) is 13.0. The number of carbonyl (C=O) groups is 1. The topological polar surface area (TPSA) is 93.6 Å². The van der Waals surface area contributed by atoms with Crippen molar-refractivity contribution in [2.24, 2.45) is 0 Å². The fourth-order valence-corrected chi connectivity index (χ4v) is 3.86. The van der Waals surface area contributed by atoms with Gasteiger partial charge in [-0.05, 0) is 67.6 Å². The minimum atomic E-state index is -3.71. The highest BCUT2D eigenvalue weighted by molar-refractivity contribution is 6.01. The molecule has 1 fully saturated rings. The van der Waals surface area contributed by atoms with Gasteiger partial charge in [0.25, 0.3) is 0 Å². The molecule has 0 bridgehead atoms. The Bertz CT molecular complexity index is 1260. The van der Waals surface area contributed by atoms with E-state index in [0.717, 1.165) is 11.1 Å². The Morgan fingerprint density at radius 2 is 1.84 bits per heavy atom. The number of amides is 1. The lowest BCUT2D eigenvalue weighted by atomic mass is 9.94. The molecule has 2 N–H and O–H groups in total. The van der Waals surface area contributed by atoms with Gasteiger partial charge in [0.2, 0.25) is 11.8 Å². The number of pyridine rings is 2. The Kier molecular flexibility index (Phi) is 4.34. The van der Waals surface area contributed by atoms with Crippen molar-refractivity contribution in [3.8, 4) is 28.6 Å². The average Bonchev–Trinajstić information content (AvgIpc) is 3.48. The number of fused-ring (bicyclic) bond motifs is 1. The Morgan fingerprint density at radius 3 is 2.59 bits per heavy atom. The number of halogens is 2. The minimum absolute atomic E-state index is 0.0635. The number of rotatable bonds is 4. The zero-order valence-corrected chi connectivity index (χ0v) is 17.3. The monoisotopic (exact) mass is 439 g/mol. The van der Waals surface area contributed by atoms with Crippen LogP contribution in [0.2, 0.25) is 0 Å². The highest BCUT2D eigenvalue weighted by Gasteiger charge is 2.53. The lowest BCUT2D eigenvalue weighted by Crippen LogP contribution is -2.28. The third kappa shape index (κ3) is 3.39. The first kappa shape index (κ1) is 20.2. The van der Waals surface area contributed by atoms with Gasteiger partial charge >= 0.3 is 6.29 Å². The first-order valence-electron chi connectivity index (χ1n) is 10.0. The molecule has 1 amide bonds. The molecule has 1 aliphatic heterocycles. The van der Waals surface area contributed by atoms with Crippen LogP contribution in [0.4, 0.5) is 14.6 Å². The largest absolute Gasteiger partial charge is 0.586 e. The van der Waals surface area contributed by atoms with E-state index in [2.05, 4.69) is 24.8 Å². The highest BCUT2D eigenvalue weighted by Crippen LogP contribution is 2.52. The van der Waals surface area contributed by atoms with E-state index in [1.165, 1.54) is 12.1 Å². The first-order valence-corrected chi connectivity index (χ1v) is 10.0. The number of hydrogen-bond donors (Lipinski definition) is 2. The summed E-state index contributed by atoms with van der Waals surface area (Å²) in [4.78, 5) is 21.6. The van der Waals surface area contributed by atoms with Crippen molar-refractivity contribution >= 4 is 11.7 Å². The molecule has 3 aromatic rings. The number of aromatic hydroxyl groups is 1. The fourth-order valence-electron chi connectivity index (χ4n) is 3.86. The number of benzene rings is 1. The standard InChI is InChI=1S/C23H19F2N3O4/c1-12-9-15(20(29)26-11-12)19-13(2)3-6-18(27-19)28-21(30)22(7-8-22)14-4-5-16-17(10-14)32-23(24,25)31-16/h3-6,9-11H,7-8H2,1-2H3,(H,26,29)(H,27,28,30). The van der Waals surface area contributed by atoms with Crippen molar-refractivity contribution < 1.29 is 28.2 Å². The molecular formula is C23H19F2N3O4. The Morgan fingerprint density at radius 1 is 1.09 bits per heavy atom. The third-order valence-electron chi connectivity index (χ3n) is 5.74. The quantitative estimate of drug-likeness (QED) is 0.624. The summed E-state index contributed by atoms with van der Waals surface area (Å²) < 4.78 is 35.6. The van der Waals surface area contributed by atoms with Crippen LogP contribution in [0, 0.1) is 13.8 Å². The van der Waals surface area contributed by atoms with E-state index in [4.69, 9.17) is 0 Å². The van der Waals surface area contributed by atoms with Crippen molar-refractivity contribution in [1.29, 1.82) is 0 Å². The molecule has 2 aromatic heterocycles. The van der Waals surface area contributed by atoms with Gasteiger partial charge in [0.1, 0.15) is 5.82 Å². The molecule has 7 nitrogen and oxygen atoms in total. The molecule has 0 spiro atoms. The van der Waals surface area contributed by atoms with Crippen LogP contribution in [-0.4, -0.2) is 27.3 Å². The summed E-state index contributed by atoms with van der Waals surface area (Å²) in [6, 6.07) is 9.64. The van der Waals surface area contributed by atoms with Gasteiger partial charge in [0, 0.05) is 6.20 Å². The number of hydrogen-bond acceptors (Lipinski definition) is 6. The maximum absolute atomic E-state index is 13.3. The number of aromatic nitrogens is 2. The molecule has 0 saturated heterocycles. The average molecular weight is 439 g/mol. The number of alkyl halides is 2. The van der Waals surface area contributed by atoms with Crippen LogP contribution in [0.15, 0.2) is 42.6 Å². The summed E-state index contributed by atoms with van der Waals surface area (Å²) in [5.41, 5.74) is 2.36. The van der Waals surface area contributed by atoms with Crippen LogP contribution in [0.3, 0.4) is 0 Å². The van der Waals surface area contributed by atoms with E-state index >= 15 is 0 Å². The summed E-state index contributed by atoms with van der Waals surface area (Å²) in [6.07, 6.45) is -1.03. The van der Waals surface area contributed by atoms with Gasteiger partial charge in [0.15, 0.2) is 11.5 Å². The summed E-state index contributed by atoms with van der Waals surface area (Å²) >= 11 is 0. The number of nitrogens with zero attached hydrogens (tertiary/aromatic N) is 2. The fraction of sp³-hybridized carbons (Fsp3) is 0.261. The number of carbonyl (C=O) groups excluding carboxylic acids is 1. The van der Waals surface area contributed by atoms with Crippen LogP contribution >= 0.6 is 0 Å². The predicted octanol–water partition coefficient (Wildman–Crippen LogP) is 4.46. The van der Waals surface area contributed by atoms with Crippen molar-refractivity contribution in [3.63, 3.8) is 0 Å². The second-order valence-electron chi connectivity index (χ2n) is 8.11. The molecule has 1 saturated carbocycles. The molecule has 1 aromatic carbocycles. The molecule has 0 radical (unpaired) electrons. The molecule has 32 heavy (non-hydrogen) atoms. The van der Waals surface area contributed by atoms with E-state index in [0.29, 0.717) is 35.5 Å². The van der Waals surface area contributed by atoms with Gasteiger partial charge in [0.05, 0.1) is 16.7 Å². The van der Waals surface area contributed by atoms with Crippen LogP contribution in [0.1, 0.15) is 29.5 Å². The summed E-state index contributed by atoms with van der Waals surface area (Å²) in [7, 11) is 0. The molecule has 1 aliphatic carbocycles. The second kappa shape index (κ2) is 6.88. The molecule has 0 unspecified atom stereocenters. The van der Waals surface area contributed by atoms with Crippen LogP contribution < -0.4 is 14.8 Å². The van der Waals surface area contributed by atoms with Crippen molar-refractivity contribution in [2.75, 3.05) is 5.32 Å². The van der Waals surface area contributed by atoms with Crippen LogP contribution in [0.25, 0.3) is 11.3 Å². The second-order valence-corrected chi connectivity index (χ2v) is 8.11. The van der Waals surface area contributed by atoms with E-state index in [1.807, 2.05) is 13.8 Å². The van der Waals surface area contributed by atoms with Gasteiger partial charge in [-0.1, -0.05) is 12.1 Å². The highest BCUT2D eigenvalue weighted by atomic mass is 19.3. The lowest BCUT2D eigenvalue weighted by Gasteiger charge is -2.17. The van der Waals surface area contributed by atoms with Crippen LogP contribution in [0.5, 0.6) is 17.4 Å². The minimum Gasteiger partial charge on any atom is -0.493 e. The van der Waals surface area contributed by atoms with Gasteiger partial charge in [-0.15, -0.1) is 8.78 Å². The SMILES string of the molecule is Cc1cnc(O)c(-c2nc(NC(=O)C3(c4ccc5c(c4)OC(F)(F)O5)CC3)ccc2C)c1. The number of anilines is 1. The molecule has 2 aliphatic rings. The zero-order chi connectivity index (χ0) is 22.7. The molecule has 164 valence electrons. The van der Waals surface area contributed by atoms with E-state index in [1.54, 1.807) is 30.5 Å². The van der Waals surface area contributed by atoms with Gasteiger partial charge in [-0.2, -0.15) is 0 Å². The third-order valence-corrected chi connectivity index (χ3v) is 5.74. The summed E-state index contributed by atoms with van der Waals surface area (Å²) in [5.74, 6) is -0.284. The molecule has 0 atom stereocenters. The van der Waals surface area contributed by atoms with Crippen molar-refractivity contribution in [1.82, 2.24) is 9.97 Å². The molecular weight excluding hydrogens is 420 g/mol. The number of nitrogens with one attached hydrogen (secondary N) is 1. The molecule has 5 rings (SSSR count). The van der Waals surface area contributed by atoms with Crippen molar-refractivity contribution in [2.45, 2.75) is 38.4 Å². The van der Waals surface area contributed by atoms with Gasteiger partial charge in [-0.3, -0.25) is 4.79 Å². The smallest absolute Gasteiger partial charge is 0.493 e. The normalized spacial score (nSPS) is 17.1. The maximum atomic E-state index is 13.3. The van der Waals surface area contributed by atoms with Gasteiger partial charge < -0.3 is 19.9 Å². The first-order chi connectivity index (χ1) is 15.2. The lowest BCUT2D eigenvalue weighted by molar-refractivity contribution is -0.286. The Balaban J connectivity index is 1.42. The predicted molar refractivity (Wildman–Crippen MR) is 111 cm³/mol. The van der Waals surface area contributed by atoms with Gasteiger partial charge in [-0.25, -0.2) is 9.97 Å². The van der Waals surface area contributed by atoms with Crippen molar-refractivity contribution in [3.05, 3.63) is 59.3 Å². The number of aryl methyl sites for hydroxylation is 2. The Hall–Kier alpha value is -3.75. The zero-order valence-electron chi connectivity index (χ0n) is 17.3.